The summed E-state index contributed by atoms with van der Waals surface area (Å²) in [7, 11) is 0. The van der Waals surface area contributed by atoms with Crippen molar-refractivity contribution in [1.29, 1.82) is 0 Å². The van der Waals surface area contributed by atoms with Gasteiger partial charge in [-0.1, -0.05) is 18.2 Å². The van der Waals surface area contributed by atoms with Gasteiger partial charge in [0.05, 0.1) is 0 Å². The summed E-state index contributed by atoms with van der Waals surface area (Å²) in [5.41, 5.74) is 2.20. The van der Waals surface area contributed by atoms with Crippen LogP contribution < -0.4 is 9.64 Å². The van der Waals surface area contributed by atoms with E-state index in [1.54, 1.807) is 13.8 Å². The molecule has 2 aromatic rings. The maximum absolute atomic E-state index is 12.4. The summed E-state index contributed by atoms with van der Waals surface area (Å²) in [6.45, 7) is 10.0. The van der Waals surface area contributed by atoms with Gasteiger partial charge in [-0.05, 0) is 83.4 Å². The molecule has 0 amide bonds. The molecule has 0 N–H and O–H groups in total. The van der Waals surface area contributed by atoms with E-state index in [9.17, 15) is 4.79 Å². The van der Waals surface area contributed by atoms with E-state index in [-0.39, 0.29) is 5.97 Å². The fourth-order valence-electron chi connectivity index (χ4n) is 3.23. The van der Waals surface area contributed by atoms with Crippen LogP contribution in [0.4, 0.5) is 11.4 Å². The van der Waals surface area contributed by atoms with Crippen LogP contribution in [0.3, 0.4) is 0 Å². The molecule has 0 radical (unpaired) electrons. The van der Waals surface area contributed by atoms with Crippen molar-refractivity contribution in [2.45, 2.75) is 58.7 Å². The number of carbonyl (C=O) groups is 1. The van der Waals surface area contributed by atoms with Crippen molar-refractivity contribution < 1.29 is 14.3 Å². The Hall–Kier alpha value is -2.49. The lowest BCUT2D eigenvalue weighted by Gasteiger charge is -2.32. The van der Waals surface area contributed by atoms with Crippen molar-refractivity contribution in [1.82, 2.24) is 0 Å². The molecule has 2 aromatic carbocycles. The predicted molar refractivity (Wildman–Crippen MR) is 109 cm³/mol. The number of esters is 1. The van der Waals surface area contributed by atoms with E-state index in [1.165, 1.54) is 11.3 Å². The lowest BCUT2D eigenvalue weighted by Crippen LogP contribution is -2.43. The van der Waals surface area contributed by atoms with Crippen LogP contribution in [0.25, 0.3) is 0 Å². The third-order valence-corrected chi connectivity index (χ3v) is 4.52. The highest BCUT2D eigenvalue weighted by atomic mass is 16.6. The van der Waals surface area contributed by atoms with Gasteiger partial charge >= 0.3 is 5.97 Å². The smallest absolute Gasteiger partial charge is 0.350 e. The molecule has 1 heterocycles. The highest BCUT2D eigenvalue weighted by Crippen LogP contribution is 2.34. The number of fused-ring (bicyclic) bond motifs is 1. The van der Waals surface area contributed by atoms with Gasteiger partial charge < -0.3 is 14.4 Å². The molecule has 0 unspecified atom stereocenters. The highest BCUT2D eigenvalue weighted by Gasteiger charge is 2.34. The highest BCUT2D eigenvalue weighted by molar-refractivity contribution is 5.79. The SMILES string of the molecule is CC(C)(C)OC(=O)C(C)(C)Oc1ccc(N2CCCc3ccccc32)cc1. The Balaban J connectivity index is 1.74. The van der Waals surface area contributed by atoms with Gasteiger partial charge in [0.1, 0.15) is 11.4 Å². The van der Waals surface area contributed by atoms with E-state index >= 15 is 0 Å². The van der Waals surface area contributed by atoms with Crippen LogP contribution in [-0.2, 0) is 16.0 Å². The largest absolute Gasteiger partial charge is 0.476 e. The van der Waals surface area contributed by atoms with Crippen LogP contribution in [0.5, 0.6) is 5.75 Å². The van der Waals surface area contributed by atoms with Gasteiger partial charge in [0.25, 0.3) is 0 Å². The number of nitrogens with zero attached hydrogens (tertiary/aromatic N) is 1. The van der Waals surface area contributed by atoms with E-state index in [4.69, 9.17) is 9.47 Å². The zero-order chi connectivity index (χ0) is 19.7. The van der Waals surface area contributed by atoms with Gasteiger partial charge in [0.15, 0.2) is 5.60 Å². The van der Waals surface area contributed by atoms with E-state index in [0.717, 1.165) is 25.1 Å². The fourth-order valence-corrected chi connectivity index (χ4v) is 3.23. The number of hydrogen-bond acceptors (Lipinski definition) is 4. The van der Waals surface area contributed by atoms with E-state index in [2.05, 4.69) is 29.2 Å². The Labute approximate surface area is 162 Å². The summed E-state index contributed by atoms with van der Waals surface area (Å²) in [5.74, 6) is 0.281. The monoisotopic (exact) mass is 367 g/mol. The van der Waals surface area contributed by atoms with E-state index in [0.29, 0.717) is 5.75 Å². The Morgan fingerprint density at radius 3 is 2.30 bits per heavy atom. The summed E-state index contributed by atoms with van der Waals surface area (Å²) >= 11 is 0. The molecule has 0 spiro atoms. The number of rotatable bonds is 4. The second kappa shape index (κ2) is 7.26. The summed E-state index contributed by atoms with van der Waals surface area (Å²) in [6.07, 6.45) is 2.26. The lowest BCUT2D eigenvalue weighted by atomic mass is 10.0. The molecule has 0 aliphatic carbocycles. The molecule has 0 atom stereocenters. The summed E-state index contributed by atoms with van der Waals surface area (Å²) in [4.78, 5) is 14.7. The molecule has 144 valence electrons. The van der Waals surface area contributed by atoms with Gasteiger partial charge in [-0.2, -0.15) is 0 Å². The second-order valence-electron chi connectivity index (χ2n) is 8.49. The van der Waals surface area contributed by atoms with Gasteiger partial charge in [-0.15, -0.1) is 0 Å². The first-order chi connectivity index (χ1) is 12.7. The Morgan fingerprint density at radius 2 is 1.63 bits per heavy atom. The Bertz CT molecular complexity index is 803. The average molecular weight is 367 g/mol. The van der Waals surface area contributed by atoms with Crippen LogP contribution in [-0.4, -0.2) is 23.7 Å². The molecule has 27 heavy (non-hydrogen) atoms. The number of ether oxygens (including phenoxy) is 2. The first-order valence-electron chi connectivity index (χ1n) is 9.54. The van der Waals surface area contributed by atoms with Crippen molar-refractivity contribution in [3.8, 4) is 5.75 Å². The Kier molecular flexibility index (Phi) is 5.18. The molecular formula is C23H29NO3. The van der Waals surface area contributed by atoms with Crippen molar-refractivity contribution in [2.75, 3.05) is 11.4 Å². The van der Waals surface area contributed by atoms with Crippen LogP contribution in [0.1, 0.15) is 46.6 Å². The maximum atomic E-state index is 12.4. The van der Waals surface area contributed by atoms with E-state index in [1.807, 2.05) is 45.0 Å². The molecule has 0 saturated carbocycles. The van der Waals surface area contributed by atoms with Gasteiger partial charge in [-0.25, -0.2) is 4.79 Å². The predicted octanol–water partition coefficient (Wildman–Crippen LogP) is 5.27. The van der Waals surface area contributed by atoms with Gasteiger partial charge in [-0.3, -0.25) is 0 Å². The van der Waals surface area contributed by atoms with E-state index < -0.39 is 11.2 Å². The molecule has 3 rings (SSSR count). The van der Waals surface area contributed by atoms with Gasteiger partial charge in [0, 0.05) is 17.9 Å². The minimum absolute atomic E-state index is 0.371. The van der Waals surface area contributed by atoms with Crippen molar-refractivity contribution >= 4 is 17.3 Å². The standard InChI is InChI=1S/C23H29NO3/c1-22(2,3)27-21(25)23(4,5)26-19-14-12-18(13-15-19)24-16-8-10-17-9-6-7-11-20(17)24/h6-7,9,11-15H,8,10,16H2,1-5H3. The molecule has 0 bridgehead atoms. The Morgan fingerprint density at radius 1 is 0.963 bits per heavy atom. The van der Waals surface area contributed by atoms with Crippen molar-refractivity contribution in [3.63, 3.8) is 0 Å². The number of aryl methyl sites for hydroxylation is 1. The van der Waals surface area contributed by atoms with Gasteiger partial charge in [0.2, 0.25) is 0 Å². The fraction of sp³-hybridized carbons (Fsp3) is 0.435. The molecule has 0 aromatic heterocycles. The third-order valence-electron chi connectivity index (χ3n) is 4.52. The number of carbonyl (C=O) groups excluding carboxylic acids is 1. The minimum atomic E-state index is -1.05. The summed E-state index contributed by atoms with van der Waals surface area (Å²) in [5, 5.41) is 0. The van der Waals surface area contributed by atoms with Crippen LogP contribution >= 0.6 is 0 Å². The van der Waals surface area contributed by atoms with Crippen molar-refractivity contribution in [3.05, 3.63) is 54.1 Å². The number of benzene rings is 2. The normalized spacial score (nSPS) is 14.5. The first kappa shape index (κ1) is 19.3. The van der Waals surface area contributed by atoms with Crippen molar-refractivity contribution in [2.24, 2.45) is 0 Å². The molecule has 1 aliphatic heterocycles. The molecule has 1 aliphatic rings. The quantitative estimate of drug-likeness (QED) is 0.690. The second-order valence-corrected chi connectivity index (χ2v) is 8.49. The topological polar surface area (TPSA) is 38.8 Å². The molecular weight excluding hydrogens is 338 g/mol. The number of anilines is 2. The zero-order valence-corrected chi connectivity index (χ0v) is 16.9. The first-order valence-corrected chi connectivity index (χ1v) is 9.54. The van der Waals surface area contributed by atoms with Crippen LogP contribution in [0, 0.1) is 0 Å². The maximum Gasteiger partial charge on any atom is 0.350 e. The summed E-state index contributed by atoms with van der Waals surface area (Å²) < 4.78 is 11.4. The zero-order valence-electron chi connectivity index (χ0n) is 16.9. The van der Waals surface area contributed by atoms with Crippen LogP contribution in [0.2, 0.25) is 0 Å². The summed E-state index contributed by atoms with van der Waals surface area (Å²) in [6, 6.07) is 16.5. The van der Waals surface area contributed by atoms with Crippen LogP contribution in [0.15, 0.2) is 48.5 Å². The number of para-hydroxylation sites is 1. The molecule has 4 nitrogen and oxygen atoms in total. The molecule has 0 fully saturated rings. The molecule has 4 heteroatoms. The number of hydrogen-bond donors (Lipinski definition) is 0. The minimum Gasteiger partial charge on any atom is -0.476 e. The average Bonchev–Trinajstić information content (AvgIpc) is 2.60. The lowest BCUT2D eigenvalue weighted by molar-refractivity contribution is -0.170. The third kappa shape index (κ3) is 4.62. The molecule has 0 saturated heterocycles.